The largest absolute Gasteiger partial charge is 0.491 e. The van der Waals surface area contributed by atoms with Crippen LogP contribution in [-0.2, 0) is 9.47 Å². The second-order valence-electron chi connectivity index (χ2n) is 4.64. The number of aliphatic hydroxyl groups is 1. The van der Waals surface area contributed by atoms with Gasteiger partial charge in [-0.3, -0.25) is 0 Å². The summed E-state index contributed by atoms with van der Waals surface area (Å²) in [5.41, 5.74) is 0.865. The predicted octanol–water partition coefficient (Wildman–Crippen LogP) is 1.46. The van der Waals surface area contributed by atoms with Crippen molar-refractivity contribution in [2.24, 2.45) is 5.92 Å². The molecule has 0 bridgehead atoms. The molecule has 0 radical (unpaired) electrons. The molecular formula is C16H20O4. The molecule has 20 heavy (non-hydrogen) atoms. The summed E-state index contributed by atoms with van der Waals surface area (Å²) in [5, 5.41) is 8.61. The Balaban J connectivity index is 1.61. The van der Waals surface area contributed by atoms with Gasteiger partial charge in [0.15, 0.2) is 0 Å². The summed E-state index contributed by atoms with van der Waals surface area (Å²) >= 11 is 0. The molecule has 0 aliphatic carbocycles. The first-order valence-corrected chi connectivity index (χ1v) is 6.86. The number of benzene rings is 1. The van der Waals surface area contributed by atoms with Gasteiger partial charge in [-0.15, -0.1) is 0 Å². The highest BCUT2D eigenvalue weighted by molar-refractivity contribution is 5.38. The highest BCUT2D eigenvalue weighted by Gasteiger charge is 2.15. The van der Waals surface area contributed by atoms with Crippen LogP contribution in [0.4, 0.5) is 0 Å². The van der Waals surface area contributed by atoms with Gasteiger partial charge in [0.1, 0.15) is 19.0 Å². The van der Waals surface area contributed by atoms with Crippen molar-refractivity contribution in [3.05, 3.63) is 29.8 Å². The van der Waals surface area contributed by atoms with Crippen molar-refractivity contribution in [2.75, 3.05) is 39.6 Å². The van der Waals surface area contributed by atoms with Crippen LogP contribution in [0.25, 0.3) is 0 Å². The van der Waals surface area contributed by atoms with Crippen LogP contribution in [0.2, 0.25) is 0 Å². The molecule has 1 aliphatic rings. The standard InChI is InChI=1S/C16H20O4/c17-8-1-2-14-3-5-16(6-4-14)20-11-10-19-13-15-7-9-18-12-15/h3-6,15,17H,7-13H2. The van der Waals surface area contributed by atoms with Gasteiger partial charge in [-0.25, -0.2) is 0 Å². The minimum Gasteiger partial charge on any atom is -0.491 e. The Morgan fingerprint density at radius 3 is 2.80 bits per heavy atom. The molecule has 1 atom stereocenters. The van der Waals surface area contributed by atoms with Crippen molar-refractivity contribution in [1.29, 1.82) is 0 Å². The SMILES string of the molecule is OCC#Cc1ccc(OCCOCC2CCOC2)cc1. The van der Waals surface area contributed by atoms with E-state index in [9.17, 15) is 0 Å². The van der Waals surface area contributed by atoms with Gasteiger partial charge < -0.3 is 19.3 Å². The highest BCUT2D eigenvalue weighted by atomic mass is 16.5. The molecular weight excluding hydrogens is 256 g/mol. The minimum atomic E-state index is -0.123. The monoisotopic (exact) mass is 276 g/mol. The zero-order valence-corrected chi connectivity index (χ0v) is 11.5. The Bertz CT molecular complexity index is 438. The van der Waals surface area contributed by atoms with E-state index in [-0.39, 0.29) is 6.61 Å². The van der Waals surface area contributed by atoms with Crippen molar-refractivity contribution in [3.63, 3.8) is 0 Å². The molecule has 0 aromatic heterocycles. The Morgan fingerprint density at radius 1 is 1.25 bits per heavy atom. The van der Waals surface area contributed by atoms with E-state index in [1.807, 2.05) is 24.3 Å². The third-order valence-electron chi connectivity index (χ3n) is 3.04. The molecule has 4 nitrogen and oxygen atoms in total. The zero-order chi connectivity index (χ0) is 14.0. The van der Waals surface area contributed by atoms with Gasteiger partial charge in [-0.2, -0.15) is 0 Å². The molecule has 1 aromatic rings. The van der Waals surface area contributed by atoms with Crippen LogP contribution in [0.15, 0.2) is 24.3 Å². The number of aliphatic hydroxyl groups excluding tert-OH is 1. The Hall–Kier alpha value is -1.54. The Morgan fingerprint density at radius 2 is 2.10 bits per heavy atom. The van der Waals surface area contributed by atoms with Crippen LogP contribution < -0.4 is 4.74 Å². The molecule has 1 aromatic carbocycles. The molecule has 0 amide bonds. The van der Waals surface area contributed by atoms with Gasteiger partial charge >= 0.3 is 0 Å². The molecule has 0 spiro atoms. The van der Waals surface area contributed by atoms with Gasteiger partial charge in [-0.1, -0.05) is 11.8 Å². The maximum Gasteiger partial charge on any atom is 0.119 e. The number of rotatable bonds is 6. The number of ether oxygens (including phenoxy) is 3. The normalized spacial score (nSPS) is 17.6. The summed E-state index contributed by atoms with van der Waals surface area (Å²) in [5.74, 6) is 6.78. The fourth-order valence-corrected chi connectivity index (χ4v) is 1.96. The lowest BCUT2D eigenvalue weighted by atomic mass is 10.1. The lowest BCUT2D eigenvalue weighted by Gasteiger charge is -2.09. The molecule has 108 valence electrons. The van der Waals surface area contributed by atoms with Crippen LogP contribution in [0.1, 0.15) is 12.0 Å². The Kier molecular flexibility index (Phi) is 6.39. The lowest BCUT2D eigenvalue weighted by Crippen LogP contribution is -2.13. The summed E-state index contributed by atoms with van der Waals surface area (Å²) in [6.07, 6.45) is 1.09. The molecule has 2 rings (SSSR count). The molecule has 4 heteroatoms. The first-order chi connectivity index (χ1) is 9.88. The van der Waals surface area contributed by atoms with E-state index in [2.05, 4.69) is 11.8 Å². The van der Waals surface area contributed by atoms with Crippen LogP contribution in [0.3, 0.4) is 0 Å². The summed E-state index contributed by atoms with van der Waals surface area (Å²) in [6.45, 7) is 3.42. The van der Waals surface area contributed by atoms with Crippen molar-refractivity contribution in [3.8, 4) is 17.6 Å². The quantitative estimate of drug-likeness (QED) is 0.631. The number of hydrogen-bond acceptors (Lipinski definition) is 4. The lowest BCUT2D eigenvalue weighted by molar-refractivity contribution is 0.0684. The first kappa shape index (κ1) is 14.9. The Labute approximate surface area is 119 Å². The fourth-order valence-electron chi connectivity index (χ4n) is 1.96. The second-order valence-corrected chi connectivity index (χ2v) is 4.64. The van der Waals surface area contributed by atoms with E-state index < -0.39 is 0 Å². The van der Waals surface area contributed by atoms with Gasteiger partial charge in [-0.05, 0) is 30.7 Å². The van der Waals surface area contributed by atoms with E-state index in [0.29, 0.717) is 19.1 Å². The van der Waals surface area contributed by atoms with E-state index in [1.54, 1.807) is 0 Å². The average molecular weight is 276 g/mol. The van der Waals surface area contributed by atoms with Crippen LogP contribution in [0.5, 0.6) is 5.75 Å². The molecule has 1 fully saturated rings. The second kappa shape index (κ2) is 8.60. The predicted molar refractivity (Wildman–Crippen MR) is 75.6 cm³/mol. The van der Waals surface area contributed by atoms with Gasteiger partial charge in [0.25, 0.3) is 0 Å². The molecule has 1 aliphatic heterocycles. The summed E-state index contributed by atoms with van der Waals surface area (Å²) in [7, 11) is 0. The topological polar surface area (TPSA) is 47.9 Å². The summed E-state index contributed by atoms with van der Waals surface area (Å²) < 4.78 is 16.4. The average Bonchev–Trinajstić information content (AvgIpc) is 2.99. The van der Waals surface area contributed by atoms with E-state index in [1.165, 1.54) is 0 Å². The molecule has 1 N–H and O–H groups in total. The van der Waals surface area contributed by atoms with E-state index in [4.69, 9.17) is 19.3 Å². The van der Waals surface area contributed by atoms with Crippen LogP contribution in [0, 0.1) is 17.8 Å². The minimum absolute atomic E-state index is 0.123. The molecule has 1 unspecified atom stereocenters. The van der Waals surface area contributed by atoms with Gasteiger partial charge in [0.05, 0.1) is 19.8 Å². The third-order valence-corrected chi connectivity index (χ3v) is 3.04. The molecule has 0 saturated carbocycles. The first-order valence-electron chi connectivity index (χ1n) is 6.86. The van der Waals surface area contributed by atoms with Crippen molar-refractivity contribution in [2.45, 2.75) is 6.42 Å². The molecule has 1 saturated heterocycles. The van der Waals surface area contributed by atoms with Gasteiger partial charge in [0.2, 0.25) is 0 Å². The summed E-state index contributed by atoms with van der Waals surface area (Å²) in [6, 6.07) is 7.47. The highest BCUT2D eigenvalue weighted by Crippen LogP contribution is 2.13. The molecule has 1 heterocycles. The van der Waals surface area contributed by atoms with Crippen LogP contribution >= 0.6 is 0 Å². The van der Waals surface area contributed by atoms with E-state index >= 15 is 0 Å². The smallest absolute Gasteiger partial charge is 0.119 e. The third kappa shape index (κ3) is 5.22. The number of hydrogen-bond donors (Lipinski definition) is 1. The van der Waals surface area contributed by atoms with Crippen LogP contribution in [-0.4, -0.2) is 44.7 Å². The van der Waals surface area contributed by atoms with Crippen molar-refractivity contribution in [1.82, 2.24) is 0 Å². The summed E-state index contributed by atoms with van der Waals surface area (Å²) in [4.78, 5) is 0. The fraction of sp³-hybridized carbons (Fsp3) is 0.500. The maximum atomic E-state index is 8.61. The van der Waals surface area contributed by atoms with Crippen molar-refractivity contribution < 1.29 is 19.3 Å². The zero-order valence-electron chi connectivity index (χ0n) is 11.5. The van der Waals surface area contributed by atoms with Gasteiger partial charge in [0, 0.05) is 18.1 Å². The van der Waals surface area contributed by atoms with E-state index in [0.717, 1.165) is 37.6 Å². The van der Waals surface area contributed by atoms with Crippen molar-refractivity contribution >= 4 is 0 Å². The maximum absolute atomic E-state index is 8.61.